The molecule has 2 aliphatic heterocycles. The minimum absolute atomic E-state index is 0.130. The zero-order valence-electron chi connectivity index (χ0n) is 18.4. The summed E-state index contributed by atoms with van der Waals surface area (Å²) >= 11 is 0. The molecule has 2 fully saturated rings. The maximum Gasteiger partial charge on any atom is 0.337 e. The maximum absolute atomic E-state index is 13.4. The molecule has 0 bridgehead atoms. The molecule has 0 radical (unpaired) electrons. The van der Waals surface area contributed by atoms with Gasteiger partial charge in [-0.3, -0.25) is 14.5 Å². The van der Waals surface area contributed by atoms with Crippen molar-refractivity contribution in [3.05, 3.63) is 65.2 Å². The molecule has 0 saturated carbocycles. The Kier molecular flexibility index (Phi) is 6.83. The van der Waals surface area contributed by atoms with Crippen molar-refractivity contribution < 1.29 is 27.9 Å². The molecule has 2 aromatic rings. The summed E-state index contributed by atoms with van der Waals surface area (Å²) in [6, 6.07) is 9.34. The lowest BCUT2D eigenvalue weighted by molar-refractivity contribution is -0.123. The molecule has 1 atom stereocenters. The highest BCUT2D eigenvalue weighted by Gasteiger charge is 2.43. The Balaban J connectivity index is 1.33. The average Bonchev–Trinajstić information content (AvgIpc) is 3.10. The summed E-state index contributed by atoms with van der Waals surface area (Å²) in [4.78, 5) is 40.5. The second-order valence-corrected chi connectivity index (χ2v) is 8.62. The van der Waals surface area contributed by atoms with E-state index in [0.717, 1.165) is 25.3 Å². The van der Waals surface area contributed by atoms with Crippen LogP contribution in [-0.4, -0.2) is 48.9 Å². The van der Waals surface area contributed by atoms with E-state index >= 15 is 0 Å². The summed E-state index contributed by atoms with van der Waals surface area (Å²) in [5.74, 6) is -1.71. The van der Waals surface area contributed by atoms with E-state index in [1.54, 1.807) is 12.1 Å². The zero-order chi connectivity index (χ0) is 23.5. The second kappa shape index (κ2) is 9.79. The van der Waals surface area contributed by atoms with E-state index < -0.39 is 23.6 Å². The number of benzene rings is 2. The number of rotatable bonds is 6. The van der Waals surface area contributed by atoms with Crippen molar-refractivity contribution in [1.29, 1.82) is 0 Å². The smallest absolute Gasteiger partial charge is 0.337 e. The van der Waals surface area contributed by atoms with Crippen LogP contribution in [0.4, 0.5) is 14.5 Å². The first-order valence-corrected chi connectivity index (χ1v) is 11.1. The van der Waals surface area contributed by atoms with Gasteiger partial charge < -0.3 is 4.74 Å². The highest BCUT2D eigenvalue weighted by atomic mass is 19.1. The predicted molar refractivity (Wildman–Crippen MR) is 118 cm³/mol. The number of carbonyl (C=O) groups excluding carboxylic acids is 3. The van der Waals surface area contributed by atoms with E-state index in [9.17, 15) is 23.2 Å². The molecule has 33 heavy (non-hydrogen) atoms. The molecular weight excluding hydrogens is 430 g/mol. The van der Waals surface area contributed by atoms with Crippen molar-refractivity contribution in [1.82, 2.24) is 4.90 Å². The zero-order valence-corrected chi connectivity index (χ0v) is 18.4. The predicted octanol–water partition coefficient (Wildman–Crippen LogP) is 3.73. The van der Waals surface area contributed by atoms with Crippen LogP contribution in [-0.2, 0) is 20.7 Å². The number of imide groups is 1. The van der Waals surface area contributed by atoms with Crippen molar-refractivity contribution in [3.63, 3.8) is 0 Å². The number of aryl methyl sites for hydroxylation is 1. The first kappa shape index (κ1) is 23.0. The van der Waals surface area contributed by atoms with Gasteiger partial charge in [0.05, 0.1) is 30.8 Å². The largest absolute Gasteiger partial charge is 0.465 e. The van der Waals surface area contributed by atoms with Gasteiger partial charge in [0.1, 0.15) is 11.6 Å². The van der Waals surface area contributed by atoms with Crippen LogP contribution >= 0.6 is 0 Å². The van der Waals surface area contributed by atoms with Gasteiger partial charge in [-0.15, -0.1) is 0 Å². The number of carbonyl (C=O) groups is 3. The Hall–Kier alpha value is -3.13. The van der Waals surface area contributed by atoms with Crippen LogP contribution in [0.5, 0.6) is 0 Å². The third-order valence-corrected chi connectivity index (χ3v) is 6.52. The van der Waals surface area contributed by atoms with Gasteiger partial charge in [0.2, 0.25) is 5.91 Å². The number of hydrogen-bond donors (Lipinski definition) is 0. The Bertz CT molecular complexity index is 1030. The number of methoxy groups -OCH3 is 1. The van der Waals surface area contributed by atoms with Crippen LogP contribution in [0.1, 0.15) is 41.6 Å². The molecule has 2 aromatic carbocycles. The average molecular weight is 456 g/mol. The number of ether oxygens (including phenoxy) is 1. The molecule has 2 aliphatic rings. The third kappa shape index (κ3) is 5.11. The fraction of sp³-hybridized carbons (Fsp3) is 0.400. The van der Waals surface area contributed by atoms with Crippen molar-refractivity contribution in [2.24, 2.45) is 5.92 Å². The molecule has 0 unspecified atom stereocenters. The van der Waals surface area contributed by atoms with E-state index in [0.29, 0.717) is 42.2 Å². The molecular formula is C25H26F2N2O4. The highest BCUT2D eigenvalue weighted by Crippen LogP contribution is 2.30. The molecule has 0 N–H and O–H groups in total. The standard InChI is InChI=1S/C25H26F2N2O4/c1-33-25(32)18-4-6-21(7-5-18)29-23(30)15-22(24(29)31)28-10-8-16(9-11-28)2-3-17-12-19(26)14-20(27)13-17/h4-7,12-14,16,22H,2-3,8-11,15H2,1H3/t22-/m0/s1. The maximum atomic E-state index is 13.4. The number of nitrogens with zero attached hydrogens (tertiary/aromatic N) is 2. The molecule has 4 rings (SSSR count). The van der Waals surface area contributed by atoms with Crippen LogP contribution in [0, 0.1) is 17.6 Å². The van der Waals surface area contributed by atoms with Crippen LogP contribution in [0.15, 0.2) is 42.5 Å². The van der Waals surface area contributed by atoms with E-state index in [2.05, 4.69) is 9.64 Å². The van der Waals surface area contributed by atoms with E-state index in [-0.39, 0.29) is 18.2 Å². The van der Waals surface area contributed by atoms with Gasteiger partial charge in [-0.05, 0) is 86.7 Å². The third-order valence-electron chi connectivity index (χ3n) is 6.52. The lowest BCUT2D eigenvalue weighted by Crippen LogP contribution is -2.46. The summed E-state index contributed by atoms with van der Waals surface area (Å²) in [6.07, 6.45) is 3.29. The molecule has 2 amide bonds. The fourth-order valence-corrected chi connectivity index (χ4v) is 4.72. The number of esters is 1. The number of anilines is 1. The topological polar surface area (TPSA) is 66.9 Å². The van der Waals surface area contributed by atoms with Gasteiger partial charge in [-0.25, -0.2) is 18.5 Å². The molecule has 2 saturated heterocycles. The summed E-state index contributed by atoms with van der Waals surface area (Å²) in [6.45, 7) is 1.39. The summed E-state index contributed by atoms with van der Waals surface area (Å²) in [5, 5.41) is 0. The number of likely N-dealkylation sites (tertiary alicyclic amines) is 1. The first-order valence-electron chi connectivity index (χ1n) is 11.1. The number of halogens is 2. The quantitative estimate of drug-likeness (QED) is 0.490. The minimum atomic E-state index is -0.561. The highest BCUT2D eigenvalue weighted by molar-refractivity contribution is 6.22. The molecule has 8 heteroatoms. The lowest BCUT2D eigenvalue weighted by Gasteiger charge is -2.34. The molecule has 174 valence electrons. The van der Waals surface area contributed by atoms with E-state index in [4.69, 9.17) is 0 Å². The number of amides is 2. The molecule has 0 aromatic heterocycles. The molecule has 0 spiro atoms. The van der Waals surface area contributed by atoms with Gasteiger partial charge in [0, 0.05) is 6.07 Å². The van der Waals surface area contributed by atoms with E-state index in [1.807, 2.05) is 0 Å². The number of piperidine rings is 1. The summed E-state index contributed by atoms with van der Waals surface area (Å²) in [7, 11) is 1.29. The van der Waals surface area contributed by atoms with Crippen LogP contribution in [0.3, 0.4) is 0 Å². The minimum Gasteiger partial charge on any atom is -0.465 e. The fourth-order valence-electron chi connectivity index (χ4n) is 4.72. The van der Waals surface area contributed by atoms with Crippen molar-refractivity contribution in [2.75, 3.05) is 25.1 Å². The molecule has 0 aliphatic carbocycles. The van der Waals surface area contributed by atoms with Gasteiger partial charge in [-0.2, -0.15) is 0 Å². The summed E-state index contributed by atoms with van der Waals surface area (Å²) in [5.41, 5.74) is 1.44. The Morgan fingerprint density at radius 3 is 2.27 bits per heavy atom. The Labute approximate surface area is 191 Å². The number of hydrogen-bond acceptors (Lipinski definition) is 5. The van der Waals surface area contributed by atoms with Crippen LogP contribution in [0.2, 0.25) is 0 Å². The van der Waals surface area contributed by atoms with Gasteiger partial charge in [-0.1, -0.05) is 0 Å². The van der Waals surface area contributed by atoms with Crippen molar-refractivity contribution >= 4 is 23.5 Å². The Morgan fingerprint density at radius 2 is 1.67 bits per heavy atom. The van der Waals surface area contributed by atoms with Crippen molar-refractivity contribution in [3.8, 4) is 0 Å². The molecule has 6 nitrogen and oxygen atoms in total. The van der Waals surface area contributed by atoms with Gasteiger partial charge >= 0.3 is 5.97 Å². The van der Waals surface area contributed by atoms with E-state index in [1.165, 1.54) is 36.3 Å². The SMILES string of the molecule is COC(=O)c1ccc(N2C(=O)C[C@H](N3CCC(CCc4cc(F)cc(F)c4)CC3)C2=O)cc1. The normalized spacial score (nSPS) is 19.8. The molecule has 2 heterocycles. The van der Waals surface area contributed by atoms with Crippen LogP contribution in [0.25, 0.3) is 0 Å². The summed E-state index contributed by atoms with van der Waals surface area (Å²) < 4.78 is 31.4. The van der Waals surface area contributed by atoms with Crippen molar-refractivity contribution in [2.45, 2.75) is 38.1 Å². The van der Waals surface area contributed by atoms with Crippen LogP contribution < -0.4 is 4.90 Å². The Morgan fingerprint density at radius 1 is 1.03 bits per heavy atom. The lowest BCUT2D eigenvalue weighted by atomic mass is 9.89. The first-order chi connectivity index (χ1) is 15.9. The van der Waals surface area contributed by atoms with Gasteiger partial charge in [0.15, 0.2) is 0 Å². The van der Waals surface area contributed by atoms with Gasteiger partial charge in [0.25, 0.3) is 5.91 Å². The monoisotopic (exact) mass is 456 g/mol. The second-order valence-electron chi connectivity index (χ2n) is 8.62.